The van der Waals surface area contributed by atoms with Gasteiger partial charge in [-0.1, -0.05) is 12.1 Å². The lowest BCUT2D eigenvalue weighted by atomic mass is 10.2. The molecule has 0 spiro atoms. The van der Waals surface area contributed by atoms with E-state index in [1.54, 1.807) is 24.3 Å². The van der Waals surface area contributed by atoms with E-state index in [0.29, 0.717) is 18.0 Å². The van der Waals surface area contributed by atoms with E-state index in [1.165, 1.54) is 29.9 Å². The Morgan fingerprint density at radius 2 is 1.69 bits per heavy atom. The third-order valence-electron chi connectivity index (χ3n) is 4.96. The molecule has 1 fully saturated rings. The van der Waals surface area contributed by atoms with Gasteiger partial charge >= 0.3 is 0 Å². The molecule has 1 saturated heterocycles. The zero-order chi connectivity index (χ0) is 20.9. The van der Waals surface area contributed by atoms with Gasteiger partial charge in [-0.15, -0.1) is 0 Å². The highest BCUT2D eigenvalue weighted by molar-refractivity contribution is 7.92. The molecule has 1 aliphatic heterocycles. The van der Waals surface area contributed by atoms with E-state index in [-0.39, 0.29) is 12.5 Å². The molecule has 0 aliphatic carbocycles. The number of carbonyl (C=O) groups is 1. The van der Waals surface area contributed by atoms with Crippen LogP contribution in [0.5, 0.6) is 5.75 Å². The number of ether oxygens (including phenoxy) is 1. The molecule has 8 heteroatoms. The minimum atomic E-state index is -3.31. The molecule has 7 nitrogen and oxygen atoms in total. The fraction of sp³-hybridized carbons (Fsp3) is 0.381. The first-order chi connectivity index (χ1) is 13.8. The molecular formula is C21H27N3O4S. The lowest BCUT2D eigenvalue weighted by Gasteiger charge is -2.17. The van der Waals surface area contributed by atoms with Crippen LogP contribution in [0, 0.1) is 0 Å². The van der Waals surface area contributed by atoms with Crippen molar-refractivity contribution in [2.24, 2.45) is 0 Å². The van der Waals surface area contributed by atoms with Gasteiger partial charge in [-0.05, 0) is 54.8 Å². The lowest BCUT2D eigenvalue weighted by molar-refractivity contribution is -0.123. The lowest BCUT2D eigenvalue weighted by Crippen LogP contribution is -2.28. The summed E-state index contributed by atoms with van der Waals surface area (Å²) in [6, 6.07) is 14.8. The number of benzene rings is 2. The molecule has 0 radical (unpaired) electrons. The van der Waals surface area contributed by atoms with Crippen molar-refractivity contribution >= 4 is 27.3 Å². The normalized spacial score (nSPS) is 13.9. The number of hydrogen-bond acceptors (Lipinski definition) is 5. The molecule has 0 unspecified atom stereocenters. The van der Waals surface area contributed by atoms with Gasteiger partial charge in [0.1, 0.15) is 5.75 Å². The highest BCUT2D eigenvalue weighted by Gasteiger charge is 2.13. The number of sulfonamides is 1. The predicted octanol–water partition coefficient (Wildman–Crippen LogP) is 2.38. The minimum absolute atomic E-state index is 0.104. The molecule has 0 atom stereocenters. The third kappa shape index (κ3) is 5.87. The number of hydrogen-bond donors (Lipinski definition) is 1. The number of rotatable bonds is 8. The van der Waals surface area contributed by atoms with Crippen LogP contribution in [0.25, 0.3) is 0 Å². The van der Waals surface area contributed by atoms with E-state index < -0.39 is 10.0 Å². The maximum Gasteiger partial charge on any atom is 0.258 e. The third-order valence-corrected chi connectivity index (χ3v) is 6.17. The summed E-state index contributed by atoms with van der Waals surface area (Å²) < 4.78 is 29.7. The van der Waals surface area contributed by atoms with E-state index in [2.05, 4.69) is 22.3 Å². The quantitative estimate of drug-likeness (QED) is 0.713. The van der Waals surface area contributed by atoms with Crippen LogP contribution in [0.15, 0.2) is 48.5 Å². The van der Waals surface area contributed by atoms with Crippen molar-refractivity contribution in [2.75, 3.05) is 42.2 Å². The average molecular weight is 418 g/mol. The van der Waals surface area contributed by atoms with Crippen molar-refractivity contribution in [1.29, 1.82) is 0 Å². The largest absolute Gasteiger partial charge is 0.484 e. The number of nitrogens with zero attached hydrogens (tertiary/aromatic N) is 2. The van der Waals surface area contributed by atoms with Gasteiger partial charge in [0.05, 0.1) is 11.9 Å². The second-order valence-electron chi connectivity index (χ2n) is 7.15. The molecule has 0 saturated carbocycles. The van der Waals surface area contributed by atoms with E-state index in [1.807, 2.05) is 12.1 Å². The SMILES string of the molecule is CN(c1ccc(OCC(=O)NCc2ccc(N3CCCC3)cc2)cc1)S(C)(=O)=O. The molecule has 2 aromatic carbocycles. The standard InChI is InChI=1S/C21H27N3O4S/c1-23(29(2,26)27)18-9-11-20(12-10-18)28-16-21(25)22-15-17-5-7-19(8-6-17)24-13-3-4-14-24/h5-12H,3-4,13-16H2,1-2H3,(H,22,25). The molecule has 2 aromatic rings. The summed E-state index contributed by atoms with van der Waals surface area (Å²) in [5.74, 6) is 0.284. The van der Waals surface area contributed by atoms with Gasteiger partial charge in [0.25, 0.3) is 5.91 Å². The molecule has 1 amide bonds. The fourth-order valence-corrected chi connectivity index (χ4v) is 3.65. The Labute approximate surface area is 172 Å². The number of carbonyl (C=O) groups excluding carboxylic acids is 1. The monoisotopic (exact) mass is 417 g/mol. The topological polar surface area (TPSA) is 79.0 Å². The van der Waals surface area contributed by atoms with Crippen molar-refractivity contribution in [3.63, 3.8) is 0 Å². The molecule has 29 heavy (non-hydrogen) atoms. The number of nitrogens with one attached hydrogen (secondary N) is 1. The average Bonchev–Trinajstić information content (AvgIpc) is 3.25. The molecule has 1 N–H and O–H groups in total. The zero-order valence-electron chi connectivity index (χ0n) is 16.8. The Kier molecular flexibility index (Phi) is 6.64. The Balaban J connectivity index is 1.44. The summed E-state index contributed by atoms with van der Waals surface area (Å²) in [6.07, 6.45) is 3.63. The maximum absolute atomic E-state index is 12.0. The van der Waals surface area contributed by atoms with Gasteiger partial charge in [0.2, 0.25) is 10.0 Å². The van der Waals surface area contributed by atoms with Crippen LogP contribution in [0.2, 0.25) is 0 Å². The van der Waals surface area contributed by atoms with Gasteiger partial charge in [-0.25, -0.2) is 8.42 Å². The molecule has 3 rings (SSSR count). The maximum atomic E-state index is 12.0. The summed E-state index contributed by atoms with van der Waals surface area (Å²) in [7, 11) is -1.83. The van der Waals surface area contributed by atoms with Gasteiger partial charge in [-0.3, -0.25) is 9.10 Å². The van der Waals surface area contributed by atoms with Crippen LogP contribution in [0.3, 0.4) is 0 Å². The van der Waals surface area contributed by atoms with Crippen LogP contribution in [-0.4, -0.2) is 47.3 Å². The Morgan fingerprint density at radius 3 is 2.28 bits per heavy atom. The van der Waals surface area contributed by atoms with E-state index in [4.69, 9.17) is 4.74 Å². The Bertz CT molecular complexity index is 921. The zero-order valence-corrected chi connectivity index (χ0v) is 17.6. The van der Waals surface area contributed by atoms with Gasteiger partial charge < -0.3 is 15.0 Å². The summed E-state index contributed by atoms with van der Waals surface area (Å²) in [5, 5.41) is 2.84. The highest BCUT2D eigenvalue weighted by Crippen LogP contribution is 2.21. The van der Waals surface area contributed by atoms with E-state index in [9.17, 15) is 13.2 Å². The first kappa shape index (κ1) is 21.0. The molecule has 1 heterocycles. The second-order valence-corrected chi connectivity index (χ2v) is 9.16. The minimum Gasteiger partial charge on any atom is -0.484 e. The second kappa shape index (κ2) is 9.17. The molecule has 156 valence electrons. The van der Waals surface area contributed by atoms with Gasteiger partial charge in [0, 0.05) is 32.4 Å². The summed E-state index contributed by atoms with van der Waals surface area (Å²) in [6.45, 7) is 2.56. The van der Waals surface area contributed by atoms with Gasteiger partial charge in [-0.2, -0.15) is 0 Å². The van der Waals surface area contributed by atoms with Crippen LogP contribution in [0.4, 0.5) is 11.4 Å². The van der Waals surface area contributed by atoms with Crippen molar-refractivity contribution in [1.82, 2.24) is 5.32 Å². The van der Waals surface area contributed by atoms with Crippen molar-refractivity contribution in [3.05, 3.63) is 54.1 Å². The molecular weight excluding hydrogens is 390 g/mol. The summed E-state index contributed by atoms with van der Waals surface area (Å²) in [5.41, 5.74) is 2.79. The van der Waals surface area contributed by atoms with Gasteiger partial charge in [0.15, 0.2) is 6.61 Å². The van der Waals surface area contributed by atoms with Crippen molar-refractivity contribution < 1.29 is 17.9 Å². The molecule has 0 bridgehead atoms. The first-order valence-electron chi connectivity index (χ1n) is 9.60. The van der Waals surface area contributed by atoms with Crippen molar-refractivity contribution in [2.45, 2.75) is 19.4 Å². The highest BCUT2D eigenvalue weighted by atomic mass is 32.2. The van der Waals surface area contributed by atoms with Crippen molar-refractivity contribution in [3.8, 4) is 5.75 Å². The molecule has 1 aliphatic rings. The molecule has 0 aromatic heterocycles. The Morgan fingerprint density at radius 1 is 1.07 bits per heavy atom. The van der Waals surface area contributed by atoms with Crippen LogP contribution in [-0.2, 0) is 21.4 Å². The fourth-order valence-electron chi connectivity index (χ4n) is 3.14. The van der Waals surface area contributed by atoms with Crippen LogP contribution >= 0.6 is 0 Å². The Hall–Kier alpha value is -2.74. The first-order valence-corrected chi connectivity index (χ1v) is 11.4. The van der Waals surface area contributed by atoms with Crippen LogP contribution < -0.4 is 19.3 Å². The summed E-state index contributed by atoms with van der Waals surface area (Å²) >= 11 is 0. The van der Waals surface area contributed by atoms with E-state index in [0.717, 1.165) is 24.9 Å². The van der Waals surface area contributed by atoms with Crippen LogP contribution in [0.1, 0.15) is 18.4 Å². The predicted molar refractivity (Wildman–Crippen MR) is 115 cm³/mol. The number of anilines is 2. The summed E-state index contributed by atoms with van der Waals surface area (Å²) in [4.78, 5) is 14.4. The number of amides is 1. The smallest absolute Gasteiger partial charge is 0.258 e. The van der Waals surface area contributed by atoms with E-state index >= 15 is 0 Å².